The summed E-state index contributed by atoms with van der Waals surface area (Å²) in [6.45, 7) is 0.850. The van der Waals surface area contributed by atoms with Crippen molar-refractivity contribution in [2.45, 2.75) is 38.6 Å². The quantitative estimate of drug-likeness (QED) is 0.449. The minimum atomic E-state index is -3.24. The molecule has 1 N–H and O–H groups in total. The molecule has 0 aromatic heterocycles. The maximum Gasteiger partial charge on any atom is 0.303 e. The van der Waals surface area contributed by atoms with Crippen LogP contribution in [0.15, 0.2) is 24.3 Å². The van der Waals surface area contributed by atoms with Crippen molar-refractivity contribution in [3.05, 3.63) is 33.4 Å². The Morgan fingerprint density at radius 1 is 1.14 bits per heavy atom. The molecule has 22 heavy (non-hydrogen) atoms. The largest absolute Gasteiger partial charge is 0.481 e. The van der Waals surface area contributed by atoms with Gasteiger partial charge in [-0.2, -0.15) is 4.31 Å². The molecular weight excluding hydrogens is 417 g/mol. The van der Waals surface area contributed by atoms with Gasteiger partial charge in [-0.1, -0.05) is 25.0 Å². The lowest BCUT2D eigenvalue weighted by molar-refractivity contribution is -0.137. The highest BCUT2D eigenvalue weighted by molar-refractivity contribution is 14.1. The third-order valence-corrected chi connectivity index (χ3v) is 5.26. The summed E-state index contributed by atoms with van der Waals surface area (Å²) in [6.07, 6.45) is 4.45. The van der Waals surface area contributed by atoms with Gasteiger partial charge in [-0.25, -0.2) is 8.42 Å². The molecule has 1 aromatic carbocycles. The van der Waals surface area contributed by atoms with Crippen LogP contribution in [0, 0.1) is 3.57 Å². The Hall–Kier alpha value is -0.670. The fourth-order valence-corrected chi connectivity index (χ4v) is 3.28. The number of unbranched alkanes of at least 4 members (excludes halogenated alkanes) is 3. The number of hydrogen-bond donors (Lipinski definition) is 1. The number of carboxylic acid groups (broad SMARTS) is 1. The number of sulfonamides is 1. The molecule has 124 valence electrons. The zero-order valence-electron chi connectivity index (χ0n) is 12.7. The molecule has 0 aliphatic rings. The van der Waals surface area contributed by atoms with E-state index >= 15 is 0 Å². The molecule has 0 fully saturated rings. The van der Waals surface area contributed by atoms with Crippen LogP contribution in [-0.2, 0) is 21.4 Å². The van der Waals surface area contributed by atoms with Crippen LogP contribution >= 0.6 is 22.6 Å². The van der Waals surface area contributed by atoms with E-state index in [-0.39, 0.29) is 6.42 Å². The predicted molar refractivity (Wildman–Crippen MR) is 95.1 cm³/mol. The average molecular weight is 439 g/mol. The number of halogens is 1. The van der Waals surface area contributed by atoms with Crippen LogP contribution in [0.5, 0.6) is 0 Å². The number of carbonyl (C=O) groups is 1. The minimum Gasteiger partial charge on any atom is -0.481 e. The van der Waals surface area contributed by atoms with Gasteiger partial charge in [-0.3, -0.25) is 4.79 Å². The van der Waals surface area contributed by atoms with Crippen LogP contribution < -0.4 is 0 Å². The van der Waals surface area contributed by atoms with Gasteiger partial charge in [0.2, 0.25) is 10.0 Å². The van der Waals surface area contributed by atoms with Gasteiger partial charge in [0, 0.05) is 23.1 Å². The van der Waals surface area contributed by atoms with Crippen molar-refractivity contribution in [1.82, 2.24) is 4.31 Å². The summed E-state index contributed by atoms with van der Waals surface area (Å²) in [5.41, 5.74) is 0.969. The van der Waals surface area contributed by atoms with E-state index in [1.165, 1.54) is 10.6 Å². The van der Waals surface area contributed by atoms with E-state index in [0.29, 0.717) is 19.5 Å². The van der Waals surface area contributed by atoms with E-state index in [1.54, 1.807) is 0 Å². The Balaban J connectivity index is 2.45. The number of hydrogen-bond acceptors (Lipinski definition) is 3. The van der Waals surface area contributed by atoms with E-state index in [1.807, 2.05) is 24.3 Å². The molecule has 0 amide bonds. The number of nitrogens with zero attached hydrogens (tertiary/aromatic N) is 1. The van der Waals surface area contributed by atoms with E-state index in [2.05, 4.69) is 22.6 Å². The fraction of sp³-hybridized carbons (Fsp3) is 0.533. The molecule has 0 bridgehead atoms. The van der Waals surface area contributed by atoms with Crippen LogP contribution in [0.2, 0.25) is 0 Å². The molecule has 1 aromatic rings. The third kappa shape index (κ3) is 8.09. The summed E-state index contributed by atoms with van der Waals surface area (Å²) >= 11 is 2.21. The summed E-state index contributed by atoms with van der Waals surface area (Å²) in [4.78, 5) is 10.4. The summed E-state index contributed by atoms with van der Waals surface area (Å²) in [5, 5.41) is 8.56. The monoisotopic (exact) mass is 439 g/mol. The molecule has 0 saturated carbocycles. The summed E-state index contributed by atoms with van der Waals surface area (Å²) in [6, 6.07) is 7.80. The lowest BCUT2D eigenvalue weighted by atomic mass is 10.1. The first kappa shape index (κ1) is 19.4. The van der Waals surface area contributed by atoms with Crippen molar-refractivity contribution in [3.63, 3.8) is 0 Å². The van der Waals surface area contributed by atoms with Crippen molar-refractivity contribution < 1.29 is 18.3 Å². The van der Waals surface area contributed by atoms with Crippen molar-refractivity contribution in [1.29, 1.82) is 0 Å². The molecule has 0 spiro atoms. The van der Waals surface area contributed by atoms with Crippen molar-refractivity contribution >= 4 is 38.6 Å². The average Bonchev–Trinajstić information content (AvgIpc) is 2.42. The Bertz CT molecular complexity index is 572. The van der Waals surface area contributed by atoms with Gasteiger partial charge in [0.15, 0.2) is 0 Å². The lowest BCUT2D eigenvalue weighted by Crippen LogP contribution is -2.30. The zero-order valence-corrected chi connectivity index (χ0v) is 15.6. The van der Waals surface area contributed by atoms with E-state index in [9.17, 15) is 13.2 Å². The second kappa shape index (κ2) is 9.46. The first-order chi connectivity index (χ1) is 10.3. The van der Waals surface area contributed by atoms with Crippen LogP contribution in [0.3, 0.4) is 0 Å². The highest BCUT2D eigenvalue weighted by Crippen LogP contribution is 2.13. The highest BCUT2D eigenvalue weighted by Gasteiger charge is 2.16. The number of carboxylic acids is 1. The highest BCUT2D eigenvalue weighted by atomic mass is 127. The Labute approximate surface area is 145 Å². The van der Waals surface area contributed by atoms with Crippen molar-refractivity contribution in [2.75, 3.05) is 12.8 Å². The normalized spacial score (nSPS) is 11.8. The number of benzene rings is 1. The first-order valence-corrected chi connectivity index (χ1v) is 10.1. The molecule has 0 unspecified atom stereocenters. The van der Waals surface area contributed by atoms with Crippen LogP contribution in [0.1, 0.15) is 37.7 Å². The Kier molecular flexibility index (Phi) is 8.34. The van der Waals surface area contributed by atoms with Gasteiger partial charge in [0.1, 0.15) is 0 Å². The molecular formula is C15H22INO4S. The van der Waals surface area contributed by atoms with Crippen molar-refractivity contribution in [2.24, 2.45) is 0 Å². The third-order valence-electron chi connectivity index (χ3n) is 3.29. The summed E-state index contributed by atoms with van der Waals surface area (Å²) in [7, 11) is -3.24. The second-order valence-electron chi connectivity index (χ2n) is 5.28. The molecule has 0 heterocycles. The number of rotatable bonds is 10. The van der Waals surface area contributed by atoms with Gasteiger partial charge in [0.25, 0.3) is 0 Å². The Morgan fingerprint density at radius 2 is 1.73 bits per heavy atom. The summed E-state index contributed by atoms with van der Waals surface area (Å²) in [5.74, 6) is -0.781. The molecule has 0 saturated heterocycles. The van der Waals surface area contributed by atoms with Gasteiger partial charge in [0.05, 0.1) is 6.26 Å². The molecule has 1 rings (SSSR count). The van der Waals surface area contributed by atoms with E-state index in [4.69, 9.17) is 5.11 Å². The smallest absolute Gasteiger partial charge is 0.303 e. The van der Waals surface area contributed by atoms with E-state index in [0.717, 1.165) is 28.4 Å². The van der Waals surface area contributed by atoms with Gasteiger partial charge < -0.3 is 5.11 Å². The molecule has 7 heteroatoms. The zero-order chi connectivity index (χ0) is 16.6. The second-order valence-corrected chi connectivity index (χ2v) is 8.51. The van der Waals surface area contributed by atoms with Crippen LogP contribution in [-0.4, -0.2) is 36.6 Å². The summed E-state index contributed by atoms with van der Waals surface area (Å²) < 4.78 is 26.3. The number of aliphatic carboxylic acids is 1. The van der Waals surface area contributed by atoms with Crippen molar-refractivity contribution in [3.8, 4) is 0 Å². The predicted octanol–water partition coefficient (Wildman–Crippen LogP) is 3.09. The van der Waals surface area contributed by atoms with Crippen LogP contribution in [0.25, 0.3) is 0 Å². The molecule has 0 aliphatic heterocycles. The van der Waals surface area contributed by atoms with Gasteiger partial charge >= 0.3 is 5.97 Å². The molecule has 5 nitrogen and oxygen atoms in total. The Morgan fingerprint density at radius 3 is 2.27 bits per heavy atom. The standard InChI is InChI=1S/C15H22INO4S/c1-22(20,21)17(11-5-3-2-4-6-15(18)19)12-13-7-9-14(16)10-8-13/h7-10H,2-6,11-12H2,1H3,(H,18,19). The van der Waals surface area contributed by atoms with Gasteiger partial charge in [-0.05, 0) is 53.1 Å². The van der Waals surface area contributed by atoms with Crippen LogP contribution in [0.4, 0.5) is 0 Å². The van der Waals surface area contributed by atoms with E-state index < -0.39 is 16.0 Å². The maximum atomic E-state index is 11.9. The SMILES string of the molecule is CS(=O)(=O)N(CCCCCCC(=O)O)Cc1ccc(I)cc1. The fourth-order valence-electron chi connectivity index (χ4n) is 2.07. The first-order valence-electron chi connectivity index (χ1n) is 7.20. The minimum absolute atomic E-state index is 0.179. The maximum absolute atomic E-state index is 11.9. The van der Waals surface area contributed by atoms with Gasteiger partial charge in [-0.15, -0.1) is 0 Å². The molecule has 0 aliphatic carbocycles. The molecule has 0 radical (unpaired) electrons. The molecule has 0 atom stereocenters. The lowest BCUT2D eigenvalue weighted by Gasteiger charge is -2.20. The topological polar surface area (TPSA) is 74.7 Å².